The normalized spacial score (nSPS) is 14.1. The minimum absolute atomic E-state index is 0.190. The first-order chi connectivity index (χ1) is 13.1. The summed E-state index contributed by atoms with van der Waals surface area (Å²) in [5.74, 6) is 1.35. The van der Waals surface area contributed by atoms with Gasteiger partial charge in [0.25, 0.3) is 5.56 Å². The molecule has 0 bridgehead atoms. The largest absolute Gasteiger partial charge is 0.368 e. The van der Waals surface area contributed by atoms with Gasteiger partial charge in [-0.1, -0.05) is 30.3 Å². The average Bonchev–Trinajstić information content (AvgIpc) is 2.89. The van der Waals surface area contributed by atoms with Crippen molar-refractivity contribution < 1.29 is 4.79 Å². The molecule has 1 aromatic carbocycles. The maximum Gasteiger partial charge on any atom is 0.261 e. The van der Waals surface area contributed by atoms with Crippen LogP contribution in [-0.2, 0) is 30.1 Å². The molecule has 27 heavy (non-hydrogen) atoms. The van der Waals surface area contributed by atoms with E-state index in [2.05, 4.69) is 19.7 Å². The number of primary amides is 1. The van der Waals surface area contributed by atoms with Crippen molar-refractivity contribution >= 4 is 28.6 Å². The number of thioether (sulfide) groups is 1. The Kier molecular flexibility index (Phi) is 4.93. The van der Waals surface area contributed by atoms with Gasteiger partial charge in [0, 0.05) is 13.0 Å². The SMILES string of the molecule is NC(=O)Cn1c(CSc2nnc3n2CCCCC3)nc2ccccc2c1=O. The van der Waals surface area contributed by atoms with Crippen LogP contribution < -0.4 is 11.3 Å². The van der Waals surface area contributed by atoms with Crippen molar-refractivity contribution in [3.63, 3.8) is 0 Å². The van der Waals surface area contributed by atoms with E-state index in [1.54, 1.807) is 18.2 Å². The summed E-state index contributed by atoms with van der Waals surface area (Å²) in [7, 11) is 0. The van der Waals surface area contributed by atoms with Gasteiger partial charge < -0.3 is 10.3 Å². The van der Waals surface area contributed by atoms with Crippen molar-refractivity contribution in [3.8, 4) is 0 Å². The van der Waals surface area contributed by atoms with E-state index >= 15 is 0 Å². The van der Waals surface area contributed by atoms with E-state index in [0.717, 1.165) is 36.8 Å². The van der Waals surface area contributed by atoms with E-state index in [4.69, 9.17) is 5.73 Å². The molecule has 0 saturated heterocycles. The minimum atomic E-state index is -0.572. The topological polar surface area (TPSA) is 109 Å². The second-order valence-electron chi connectivity index (χ2n) is 6.55. The molecule has 0 saturated carbocycles. The molecular weight excluding hydrogens is 364 g/mol. The number of carbonyl (C=O) groups excluding carboxylic acids is 1. The number of nitrogens with two attached hydrogens (primary N) is 1. The fraction of sp³-hybridized carbons (Fsp3) is 0.389. The minimum Gasteiger partial charge on any atom is -0.368 e. The van der Waals surface area contributed by atoms with E-state index < -0.39 is 5.91 Å². The Hall–Kier alpha value is -2.68. The standard InChI is InChI=1S/C18H20N6O2S/c19-14(25)10-24-16(20-13-7-4-3-6-12(13)17(24)26)11-27-18-22-21-15-8-2-1-5-9-23(15)18/h3-4,6-7H,1-2,5,8-11H2,(H2,19,25). The van der Waals surface area contributed by atoms with E-state index in [1.165, 1.54) is 22.7 Å². The second-order valence-corrected chi connectivity index (χ2v) is 7.50. The first-order valence-electron chi connectivity index (χ1n) is 8.95. The predicted octanol–water partition coefficient (Wildman–Crippen LogP) is 1.49. The number of aryl methyl sites for hydroxylation is 1. The highest BCUT2D eigenvalue weighted by Gasteiger charge is 2.17. The number of hydrogen-bond acceptors (Lipinski definition) is 6. The zero-order chi connectivity index (χ0) is 18.8. The zero-order valence-electron chi connectivity index (χ0n) is 14.8. The zero-order valence-corrected chi connectivity index (χ0v) is 15.6. The van der Waals surface area contributed by atoms with Crippen molar-refractivity contribution in [3.05, 3.63) is 46.3 Å². The number of nitrogens with zero attached hydrogens (tertiary/aromatic N) is 5. The Morgan fingerprint density at radius 1 is 1.19 bits per heavy atom. The third kappa shape index (κ3) is 3.59. The number of para-hydroxylation sites is 1. The van der Waals surface area contributed by atoms with Crippen LogP contribution in [-0.4, -0.2) is 30.2 Å². The van der Waals surface area contributed by atoms with Crippen LogP contribution in [0, 0.1) is 0 Å². The summed E-state index contributed by atoms with van der Waals surface area (Å²) < 4.78 is 3.51. The van der Waals surface area contributed by atoms with Gasteiger partial charge in [-0.25, -0.2) is 4.98 Å². The Bertz CT molecular complexity index is 1060. The molecule has 1 amide bonds. The lowest BCUT2D eigenvalue weighted by molar-refractivity contribution is -0.118. The first-order valence-corrected chi connectivity index (χ1v) is 9.93. The highest BCUT2D eigenvalue weighted by molar-refractivity contribution is 7.98. The number of hydrogen-bond donors (Lipinski definition) is 1. The van der Waals surface area contributed by atoms with Crippen molar-refractivity contribution in [2.75, 3.05) is 0 Å². The van der Waals surface area contributed by atoms with Gasteiger partial charge in [0.1, 0.15) is 18.2 Å². The Morgan fingerprint density at radius 3 is 2.89 bits per heavy atom. The van der Waals surface area contributed by atoms with Crippen LogP contribution >= 0.6 is 11.8 Å². The molecule has 2 N–H and O–H groups in total. The summed E-state index contributed by atoms with van der Waals surface area (Å²) in [6.07, 6.45) is 4.37. The van der Waals surface area contributed by atoms with E-state index in [-0.39, 0.29) is 12.1 Å². The molecule has 3 heterocycles. The summed E-state index contributed by atoms with van der Waals surface area (Å²) in [5.41, 5.74) is 5.70. The number of rotatable bonds is 5. The molecule has 3 aromatic rings. The van der Waals surface area contributed by atoms with Gasteiger partial charge in [0.15, 0.2) is 5.16 Å². The molecule has 0 spiro atoms. The lowest BCUT2D eigenvalue weighted by Gasteiger charge is -2.12. The second kappa shape index (κ2) is 7.51. The highest BCUT2D eigenvalue weighted by Crippen LogP contribution is 2.24. The summed E-state index contributed by atoms with van der Waals surface area (Å²) in [6, 6.07) is 7.11. The smallest absolute Gasteiger partial charge is 0.261 e. The Balaban J connectivity index is 1.68. The van der Waals surface area contributed by atoms with Gasteiger partial charge in [0.2, 0.25) is 5.91 Å². The highest BCUT2D eigenvalue weighted by atomic mass is 32.2. The van der Waals surface area contributed by atoms with Gasteiger partial charge in [-0.2, -0.15) is 0 Å². The van der Waals surface area contributed by atoms with Crippen LogP contribution in [0.3, 0.4) is 0 Å². The van der Waals surface area contributed by atoms with Crippen LogP contribution in [0.2, 0.25) is 0 Å². The molecule has 0 unspecified atom stereocenters. The van der Waals surface area contributed by atoms with Crippen molar-refractivity contribution in [1.82, 2.24) is 24.3 Å². The van der Waals surface area contributed by atoms with Gasteiger partial charge in [0.05, 0.1) is 16.7 Å². The Morgan fingerprint density at radius 2 is 2.04 bits per heavy atom. The molecule has 9 heteroatoms. The molecule has 4 rings (SSSR count). The van der Waals surface area contributed by atoms with Crippen molar-refractivity contribution in [2.24, 2.45) is 5.73 Å². The number of benzene rings is 1. The van der Waals surface area contributed by atoms with Crippen molar-refractivity contribution in [2.45, 2.75) is 49.7 Å². The molecule has 0 aliphatic carbocycles. The van der Waals surface area contributed by atoms with E-state index in [9.17, 15) is 9.59 Å². The van der Waals surface area contributed by atoms with E-state index in [1.807, 2.05) is 6.07 Å². The molecule has 0 radical (unpaired) electrons. The maximum absolute atomic E-state index is 12.8. The van der Waals surface area contributed by atoms with Crippen LogP contribution in [0.25, 0.3) is 10.9 Å². The maximum atomic E-state index is 12.8. The predicted molar refractivity (Wildman–Crippen MR) is 102 cm³/mol. The number of carbonyl (C=O) groups is 1. The third-order valence-electron chi connectivity index (χ3n) is 4.66. The lowest BCUT2D eigenvalue weighted by atomic mass is 10.2. The van der Waals surface area contributed by atoms with Gasteiger partial charge in [-0.15, -0.1) is 10.2 Å². The fourth-order valence-electron chi connectivity index (χ4n) is 3.34. The monoisotopic (exact) mass is 384 g/mol. The molecule has 1 aliphatic rings. The summed E-state index contributed by atoms with van der Waals surface area (Å²) >= 11 is 1.48. The van der Waals surface area contributed by atoms with Crippen LogP contribution in [0.5, 0.6) is 0 Å². The van der Waals surface area contributed by atoms with Crippen LogP contribution in [0.1, 0.15) is 30.9 Å². The third-order valence-corrected chi connectivity index (χ3v) is 5.62. The Labute approximate surface area is 159 Å². The molecule has 0 fully saturated rings. The summed E-state index contributed by atoms with van der Waals surface area (Å²) in [6.45, 7) is 0.717. The van der Waals surface area contributed by atoms with Gasteiger partial charge in [-0.05, 0) is 25.0 Å². The van der Waals surface area contributed by atoms with Crippen LogP contribution in [0.4, 0.5) is 0 Å². The van der Waals surface area contributed by atoms with E-state index in [0.29, 0.717) is 22.5 Å². The summed E-state index contributed by atoms with van der Waals surface area (Å²) in [5, 5.41) is 9.89. The summed E-state index contributed by atoms with van der Waals surface area (Å²) in [4.78, 5) is 28.9. The molecular formula is C18H20N6O2S. The number of fused-ring (bicyclic) bond motifs is 2. The average molecular weight is 384 g/mol. The fourth-order valence-corrected chi connectivity index (χ4v) is 4.27. The van der Waals surface area contributed by atoms with Crippen LogP contribution in [0.15, 0.2) is 34.2 Å². The molecule has 140 valence electrons. The van der Waals surface area contributed by atoms with Crippen molar-refractivity contribution in [1.29, 1.82) is 0 Å². The quantitative estimate of drug-likeness (QED) is 0.668. The molecule has 8 nitrogen and oxygen atoms in total. The first kappa shape index (κ1) is 17.7. The molecule has 2 aromatic heterocycles. The number of aromatic nitrogens is 5. The molecule has 0 atom stereocenters. The number of amides is 1. The van der Waals surface area contributed by atoms with Gasteiger partial charge in [-0.3, -0.25) is 14.2 Å². The van der Waals surface area contributed by atoms with Gasteiger partial charge >= 0.3 is 0 Å². The molecule has 1 aliphatic heterocycles. The lowest BCUT2D eigenvalue weighted by Crippen LogP contribution is -2.31.